The molecule has 2 fully saturated rings. The summed E-state index contributed by atoms with van der Waals surface area (Å²) in [6, 6.07) is 16.1. The van der Waals surface area contributed by atoms with Gasteiger partial charge in [-0.15, -0.1) is 0 Å². The highest BCUT2D eigenvalue weighted by molar-refractivity contribution is 5.73. The highest BCUT2D eigenvalue weighted by atomic mass is 16.5. The zero-order valence-corrected chi connectivity index (χ0v) is 17.2. The lowest BCUT2D eigenvalue weighted by atomic mass is 9.78. The van der Waals surface area contributed by atoms with Crippen molar-refractivity contribution in [1.82, 2.24) is 14.8 Å². The largest absolute Gasteiger partial charge is 0.493 e. The van der Waals surface area contributed by atoms with Crippen molar-refractivity contribution in [3.05, 3.63) is 60.4 Å². The maximum Gasteiger partial charge on any atom is 0.219 e. The topological polar surface area (TPSA) is 45.7 Å². The van der Waals surface area contributed by atoms with Gasteiger partial charge in [-0.05, 0) is 62.0 Å². The van der Waals surface area contributed by atoms with Gasteiger partial charge in [0.1, 0.15) is 5.75 Å². The number of ether oxygens (including phenoxy) is 1. The van der Waals surface area contributed by atoms with Gasteiger partial charge in [0.25, 0.3) is 0 Å². The lowest BCUT2D eigenvalue weighted by molar-refractivity contribution is -0.128. The second kappa shape index (κ2) is 9.40. The molecule has 1 aromatic heterocycles. The number of aromatic nitrogens is 1. The van der Waals surface area contributed by atoms with E-state index in [9.17, 15) is 4.79 Å². The Bertz CT molecular complexity index is 775. The van der Waals surface area contributed by atoms with Gasteiger partial charge in [0.2, 0.25) is 5.91 Å². The highest BCUT2D eigenvalue weighted by Crippen LogP contribution is 2.36. The van der Waals surface area contributed by atoms with Crippen LogP contribution in [0.15, 0.2) is 54.7 Å². The second-order valence-electron chi connectivity index (χ2n) is 8.41. The molecule has 5 nitrogen and oxygen atoms in total. The molecule has 0 N–H and O–H groups in total. The fourth-order valence-electron chi connectivity index (χ4n) is 4.84. The molecule has 4 rings (SSSR count). The maximum absolute atomic E-state index is 12.0. The van der Waals surface area contributed by atoms with Gasteiger partial charge < -0.3 is 9.64 Å². The summed E-state index contributed by atoms with van der Waals surface area (Å²) in [5.74, 6) is 2.69. The molecule has 0 bridgehead atoms. The Morgan fingerprint density at radius 2 is 1.83 bits per heavy atom. The van der Waals surface area contributed by atoms with E-state index >= 15 is 0 Å². The molecule has 3 heterocycles. The summed E-state index contributed by atoms with van der Waals surface area (Å²) in [5, 5.41) is 0. The number of hydrogen-bond acceptors (Lipinski definition) is 4. The van der Waals surface area contributed by atoms with Crippen molar-refractivity contribution in [3.8, 4) is 5.75 Å². The molecule has 2 aromatic rings. The zero-order chi connectivity index (χ0) is 20.1. The summed E-state index contributed by atoms with van der Waals surface area (Å²) in [6.45, 7) is 7.20. The van der Waals surface area contributed by atoms with Crippen LogP contribution >= 0.6 is 0 Å². The van der Waals surface area contributed by atoms with E-state index in [0.717, 1.165) is 44.2 Å². The Morgan fingerprint density at radius 1 is 1.07 bits per heavy atom. The van der Waals surface area contributed by atoms with Gasteiger partial charge in [0, 0.05) is 38.7 Å². The minimum absolute atomic E-state index is 0.185. The van der Waals surface area contributed by atoms with Crippen LogP contribution in [-0.4, -0.2) is 53.5 Å². The Kier molecular flexibility index (Phi) is 6.45. The number of nitrogens with zero attached hydrogens (tertiary/aromatic N) is 3. The summed E-state index contributed by atoms with van der Waals surface area (Å²) in [4.78, 5) is 21.0. The molecule has 5 heteroatoms. The van der Waals surface area contributed by atoms with Gasteiger partial charge in [-0.25, -0.2) is 0 Å². The first kappa shape index (κ1) is 19.9. The molecule has 29 heavy (non-hydrogen) atoms. The predicted octanol–water partition coefficient (Wildman–Crippen LogP) is 3.47. The Labute approximate surface area is 173 Å². The van der Waals surface area contributed by atoms with Crippen LogP contribution in [0.4, 0.5) is 0 Å². The van der Waals surface area contributed by atoms with Gasteiger partial charge >= 0.3 is 0 Å². The van der Waals surface area contributed by atoms with Crippen LogP contribution in [0.25, 0.3) is 0 Å². The minimum Gasteiger partial charge on any atom is -0.493 e. The molecule has 0 saturated carbocycles. The fraction of sp³-hybridized carbons (Fsp3) is 0.500. The molecule has 1 amide bonds. The van der Waals surface area contributed by atoms with Gasteiger partial charge in [0.15, 0.2) is 0 Å². The summed E-state index contributed by atoms with van der Waals surface area (Å²) in [5.41, 5.74) is 1.14. The van der Waals surface area contributed by atoms with Crippen molar-refractivity contribution in [2.75, 3.05) is 32.8 Å². The van der Waals surface area contributed by atoms with Crippen LogP contribution in [0.3, 0.4) is 0 Å². The molecule has 2 aliphatic rings. The number of carbonyl (C=O) groups excluding carboxylic acids is 1. The van der Waals surface area contributed by atoms with E-state index in [1.807, 2.05) is 47.5 Å². The number of hydrogen-bond donors (Lipinski definition) is 0. The van der Waals surface area contributed by atoms with E-state index < -0.39 is 0 Å². The van der Waals surface area contributed by atoms with Crippen LogP contribution in [0, 0.1) is 17.8 Å². The smallest absolute Gasteiger partial charge is 0.219 e. The van der Waals surface area contributed by atoms with Crippen molar-refractivity contribution < 1.29 is 9.53 Å². The van der Waals surface area contributed by atoms with Crippen LogP contribution in [0.1, 0.15) is 25.5 Å². The molecule has 0 spiro atoms. The van der Waals surface area contributed by atoms with Crippen LogP contribution in [-0.2, 0) is 11.3 Å². The number of piperidine rings is 1. The quantitative estimate of drug-likeness (QED) is 0.754. The molecule has 1 aromatic carbocycles. The normalized spacial score (nSPS) is 23.3. The molecular formula is C24H31N3O2. The monoisotopic (exact) mass is 393 g/mol. The average Bonchev–Trinajstić information content (AvgIpc) is 3.19. The van der Waals surface area contributed by atoms with Crippen molar-refractivity contribution in [1.29, 1.82) is 0 Å². The van der Waals surface area contributed by atoms with Gasteiger partial charge in [-0.3, -0.25) is 14.7 Å². The molecule has 0 radical (unpaired) electrons. The van der Waals surface area contributed by atoms with Gasteiger partial charge in [-0.2, -0.15) is 0 Å². The Morgan fingerprint density at radius 3 is 2.52 bits per heavy atom. The molecule has 0 unspecified atom stereocenters. The lowest BCUT2D eigenvalue weighted by Crippen LogP contribution is -2.38. The third-order valence-electron chi connectivity index (χ3n) is 6.49. The van der Waals surface area contributed by atoms with Crippen LogP contribution in [0.2, 0.25) is 0 Å². The van der Waals surface area contributed by atoms with Crippen LogP contribution in [0.5, 0.6) is 5.75 Å². The van der Waals surface area contributed by atoms with E-state index in [-0.39, 0.29) is 5.91 Å². The summed E-state index contributed by atoms with van der Waals surface area (Å²) in [6.07, 6.45) is 4.24. The highest BCUT2D eigenvalue weighted by Gasteiger charge is 2.40. The van der Waals surface area contributed by atoms with Crippen molar-refractivity contribution in [3.63, 3.8) is 0 Å². The van der Waals surface area contributed by atoms with E-state index in [1.165, 1.54) is 12.8 Å². The minimum atomic E-state index is 0.185. The second-order valence-corrected chi connectivity index (χ2v) is 8.41. The maximum atomic E-state index is 12.0. The Balaban J connectivity index is 1.34. The van der Waals surface area contributed by atoms with Gasteiger partial charge in [-0.1, -0.05) is 24.3 Å². The number of likely N-dealkylation sites (tertiary alicyclic amines) is 2. The number of carbonyl (C=O) groups is 1. The van der Waals surface area contributed by atoms with Crippen molar-refractivity contribution in [2.24, 2.45) is 17.8 Å². The van der Waals surface area contributed by atoms with E-state index in [4.69, 9.17) is 4.74 Å². The molecule has 2 saturated heterocycles. The van der Waals surface area contributed by atoms with Crippen molar-refractivity contribution in [2.45, 2.75) is 26.3 Å². The fourth-order valence-corrected chi connectivity index (χ4v) is 4.84. The first-order valence-electron chi connectivity index (χ1n) is 10.7. The van der Waals surface area contributed by atoms with E-state index in [1.54, 1.807) is 6.92 Å². The van der Waals surface area contributed by atoms with E-state index in [0.29, 0.717) is 24.4 Å². The first-order valence-corrected chi connectivity index (χ1v) is 10.7. The SMILES string of the molecule is CC(=O)N1C[C@@H](COc2ccccc2)[C@H](C2CCN(Cc3ccccn3)CC2)C1. The number of benzene rings is 1. The van der Waals surface area contributed by atoms with Crippen LogP contribution < -0.4 is 4.74 Å². The number of para-hydroxylation sites is 1. The third kappa shape index (κ3) is 5.15. The standard InChI is InChI=1S/C24H31N3O2/c1-19(28)27-15-21(18-29-23-8-3-2-4-9-23)24(17-27)20-10-13-26(14-11-20)16-22-7-5-6-12-25-22/h2-9,12,20-21,24H,10-11,13-18H2,1H3/t21-,24-/m0/s1. The number of amides is 1. The average molecular weight is 394 g/mol. The van der Waals surface area contributed by atoms with E-state index in [2.05, 4.69) is 22.0 Å². The zero-order valence-electron chi connectivity index (χ0n) is 17.2. The number of pyridine rings is 1. The molecular weight excluding hydrogens is 362 g/mol. The Hall–Kier alpha value is -2.40. The third-order valence-corrected chi connectivity index (χ3v) is 6.49. The summed E-state index contributed by atoms with van der Waals surface area (Å²) in [7, 11) is 0. The molecule has 0 aliphatic carbocycles. The van der Waals surface area contributed by atoms with Crippen molar-refractivity contribution >= 4 is 5.91 Å². The predicted molar refractivity (Wildman–Crippen MR) is 113 cm³/mol. The number of rotatable bonds is 6. The molecule has 2 aliphatic heterocycles. The summed E-state index contributed by atoms with van der Waals surface area (Å²) < 4.78 is 6.08. The molecule has 154 valence electrons. The van der Waals surface area contributed by atoms with Gasteiger partial charge in [0.05, 0.1) is 12.3 Å². The summed E-state index contributed by atoms with van der Waals surface area (Å²) >= 11 is 0. The lowest BCUT2D eigenvalue weighted by Gasteiger charge is -2.36. The first-order chi connectivity index (χ1) is 14.2. The molecule has 2 atom stereocenters.